The number of fused-ring (bicyclic) bond motifs is 3. The van der Waals surface area contributed by atoms with Crippen molar-refractivity contribution in [2.24, 2.45) is 0 Å². The number of alkyl carbamates (subject to hydrolysis) is 1. The van der Waals surface area contributed by atoms with Gasteiger partial charge in [0.05, 0.1) is 11.1 Å². The summed E-state index contributed by atoms with van der Waals surface area (Å²) in [6.45, 7) is 0.152. The first-order chi connectivity index (χ1) is 15.9. The van der Waals surface area contributed by atoms with Crippen LogP contribution >= 0.6 is 11.6 Å². The number of carbonyl (C=O) groups is 1. The smallest absolute Gasteiger partial charge is 0.407 e. The second kappa shape index (κ2) is 9.79. The van der Waals surface area contributed by atoms with Crippen molar-refractivity contribution in [1.29, 1.82) is 0 Å². The topological polar surface area (TPSA) is 99.0 Å². The van der Waals surface area contributed by atoms with Crippen molar-refractivity contribution >= 4 is 17.7 Å². The highest BCUT2D eigenvalue weighted by molar-refractivity contribution is 6.32. The summed E-state index contributed by atoms with van der Waals surface area (Å²) in [4.78, 5) is 12.2. The van der Waals surface area contributed by atoms with E-state index in [0.717, 1.165) is 34.4 Å². The molecule has 3 aromatic carbocycles. The van der Waals surface area contributed by atoms with Gasteiger partial charge < -0.3 is 25.4 Å². The number of aliphatic hydroxyl groups is 2. The van der Waals surface area contributed by atoms with E-state index in [-0.39, 0.29) is 36.1 Å². The van der Waals surface area contributed by atoms with Crippen LogP contribution in [0, 0.1) is 5.82 Å². The third kappa shape index (κ3) is 4.80. The number of rotatable bonds is 7. The molecule has 0 saturated heterocycles. The molecule has 33 heavy (non-hydrogen) atoms. The molecule has 3 aromatic rings. The van der Waals surface area contributed by atoms with Gasteiger partial charge in [0.1, 0.15) is 24.3 Å². The Kier molecular flexibility index (Phi) is 6.83. The van der Waals surface area contributed by atoms with E-state index < -0.39 is 29.9 Å². The summed E-state index contributed by atoms with van der Waals surface area (Å²) < 4.78 is 18.9. The molecule has 2 unspecified atom stereocenters. The number of amides is 1. The minimum Gasteiger partial charge on any atom is -0.506 e. The minimum absolute atomic E-state index is 0.00128. The number of hydrogen-bond acceptors (Lipinski definition) is 5. The summed E-state index contributed by atoms with van der Waals surface area (Å²) in [5, 5.41) is 32.6. The monoisotopic (exact) mass is 471 g/mol. The van der Waals surface area contributed by atoms with Gasteiger partial charge in [-0.25, -0.2) is 9.18 Å². The molecular weight excluding hydrogens is 449 g/mol. The van der Waals surface area contributed by atoms with Gasteiger partial charge in [0.2, 0.25) is 0 Å². The van der Waals surface area contributed by atoms with Gasteiger partial charge in [0, 0.05) is 18.0 Å². The van der Waals surface area contributed by atoms with Gasteiger partial charge in [-0.05, 0) is 40.8 Å². The number of phenolic OH excluding ortho intramolecular Hbond substituents is 1. The van der Waals surface area contributed by atoms with Crippen LogP contribution in [0.25, 0.3) is 11.1 Å². The van der Waals surface area contributed by atoms with Gasteiger partial charge in [-0.15, -0.1) is 0 Å². The molecule has 1 aliphatic carbocycles. The number of halogens is 2. The number of phenols is 1. The zero-order valence-electron chi connectivity index (χ0n) is 17.5. The zero-order chi connectivity index (χ0) is 23.5. The molecule has 0 saturated carbocycles. The highest BCUT2D eigenvalue weighted by Gasteiger charge is 2.29. The minimum atomic E-state index is -1.58. The van der Waals surface area contributed by atoms with Crippen molar-refractivity contribution in [2.75, 3.05) is 13.2 Å². The van der Waals surface area contributed by atoms with Gasteiger partial charge in [-0.3, -0.25) is 0 Å². The highest BCUT2D eigenvalue weighted by atomic mass is 35.5. The van der Waals surface area contributed by atoms with Crippen LogP contribution in [-0.2, 0) is 4.74 Å². The summed E-state index contributed by atoms with van der Waals surface area (Å²) >= 11 is 5.71. The first kappa shape index (κ1) is 23.0. The van der Waals surface area contributed by atoms with Crippen LogP contribution in [0.2, 0.25) is 5.02 Å². The number of nitrogens with one attached hydrogen (secondary N) is 1. The van der Waals surface area contributed by atoms with E-state index in [9.17, 15) is 24.5 Å². The van der Waals surface area contributed by atoms with Gasteiger partial charge in [-0.2, -0.15) is 0 Å². The van der Waals surface area contributed by atoms with Crippen LogP contribution in [0.1, 0.15) is 35.1 Å². The fraction of sp³-hybridized carbons (Fsp3) is 0.240. The number of carbonyl (C=O) groups excluding carboxylic acids is 1. The van der Waals surface area contributed by atoms with Crippen LogP contribution in [-0.4, -0.2) is 40.7 Å². The van der Waals surface area contributed by atoms with Crippen molar-refractivity contribution in [3.63, 3.8) is 0 Å². The summed E-state index contributed by atoms with van der Waals surface area (Å²) in [5.74, 6) is -1.33. The van der Waals surface area contributed by atoms with Crippen molar-refractivity contribution < 1.29 is 29.2 Å². The van der Waals surface area contributed by atoms with E-state index in [1.807, 2.05) is 48.5 Å². The third-order valence-electron chi connectivity index (χ3n) is 5.79. The summed E-state index contributed by atoms with van der Waals surface area (Å²) in [5.41, 5.74) is 4.21. The molecule has 8 heteroatoms. The van der Waals surface area contributed by atoms with E-state index >= 15 is 0 Å². The highest BCUT2D eigenvalue weighted by Crippen LogP contribution is 2.44. The number of hydrogen-bond donors (Lipinski definition) is 4. The molecule has 1 amide bonds. The Hall–Kier alpha value is -3.13. The molecule has 4 rings (SSSR count). The van der Waals surface area contributed by atoms with E-state index in [1.165, 1.54) is 0 Å². The van der Waals surface area contributed by atoms with Crippen LogP contribution in [0.4, 0.5) is 9.18 Å². The standard InChI is InChI=1S/C25H23ClFNO5/c26-21-12-14(27)11-19(23(21)30)24(31)22(29)9-10-28-25(32)33-13-20-17-7-3-1-5-15(17)16-6-2-4-8-18(16)20/h1-8,11-12,20,22,24,29-31H,9-10,13H2,(H,28,32). The van der Waals surface area contributed by atoms with Crippen LogP contribution in [0.15, 0.2) is 60.7 Å². The van der Waals surface area contributed by atoms with Gasteiger partial charge in [0.15, 0.2) is 0 Å². The Morgan fingerprint density at radius 2 is 1.67 bits per heavy atom. The Bertz CT molecular complexity index is 1130. The molecule has 0 aliphatic heterocycles. The Labute approximate surface area is 195 Å². The van der Waals surface area contributed by atoms with E-state index in [2.05, 4.69) is 5.32 Å². The first-order valence-electron chi connectivity index (χ1n) is 10.5. The molecule has 0 radical (unpaired) electrons. The molecule has 172 valence electrons. The third-order valence-corrected chi connectivity index (χ3v) is 6.08. The van der Waals surface area contributed by atoms with Crippen LogP contribution in [0.3, 0.4) is 0 Å². The largest absolute Gasteiger partial charge is 0.506 e. The Morgan fingerprint density at radius 1 is 1.06 bits per heavy atom. The van der Waals surface area contributed by atoms with E-state index in [4.69, 9.17) is 16.3 Å². The molecule has 1 aliphatic rings. The van der Waals surface area contributed by atoms with E-state index in [0.29, 0.717) is 0 Å². The number of aliphatic hydroxyl groups excluding tert-OH is 2. The van der Waals surface area contributed by atoms with Gasteiger partial charge in [-0.1, -0.05) is 60.1 Å². The maximum Gasteiger partial charge on any atom is 0.407 e. The zero-order valence-corrected chi connectivity index (χ0v) is 18.3. The van der Waals surface area contributed by atoms with Crippen LogP contribution in [0.5, 0.6) is 5.75 Å². The lowest BCUT2D eigenvalue weighted by Crippen LogP contribution is -2.30. The van der Waals surface area contributed by atoms with Crippen molar-refractivity contribution in [3.05, 3.63) is 88.2 Å². The average molecular weight is 472 g/mol. The second-order valence-electron chi connectivity index (χ2n) is 7.88. The summed E-state index contributed by atoms with van der Waals surface area (Å²) in [7, 11) is 0. The summed E-state index contributed by atoms with van der Waals surface area (Å²) in [6.07, 6.45) is -3.67. The fourth-order valence-electron chi connectivity index (χ4n) is 4.15. The predicted molar refractivity (Wildman–Crippen MR) is 122 cm³/mol. The normalized spacial score (nSPS) is 14.3. The lowest BCUT2D eigenvalue weighted by Gasteiger charge is -2.20. The molecule has 6 nitrogen and oxygen atoms in total. The lowest BCUT2D eigenvalue weighted by atomic mass is 9.98. The quantitative estimate of drug-likeness (QED) is 0.406. The number of benzene rings is 3. The molecule has 4 N–H and O–H groups in total. The predicted octanol–water partition coefficient (Wildman–Crippen LogP) is 4.51. The van der Waals surface area contributed by atoms with Gasteiger partial charge in [0.25, 0.3) is 0 Å². The Morgan fingerprint density at radius 3 is 2.30 bits per heavy atom. The Balaban J connectivity index is 1.30. The molecule has 0 spiro atoms. The average Bonchev–Trinajstić information content (AvgIpc) is 3.13. The number of ether oxygens (including phenoxy) is 1. The molecule has 0 aromatic heterocycles. The molecule has 0 fully saturated rings. The maximum absolute atomic E-state index is 13.5. The van der Waals surface area contributed by atoms with Crippen molar-refractivity contribution in [3.8, 4) is 16.9 Å². The van der Waals surface area contributed by atoms with Crippen LogP contribution < -0.4 is 5.32 Å². The SMILES string of the molecule is O=C(NCCC(O)C(O)c1cc(F)cc(Cl)c1O)OCC1c2ccccc2-c2ccccc21. The van der Waals surface area contributed by atoms with E-state index in [1.54, 1.807) is 0 Å². The van der Waals surface area contributed by atoms with Crippen molar-refractivity contribution in [1.82, 2.24) is 5.32 Å². The molecule has 0 heterocycles. The lowest BCUT2D eigenvalue weighted by molar-refractivity contribution is 0.0122. The second-order valence-corrected chi connectivity index (χ2v) is 8.29. The van der Waals surface area contributed by atoms with Crippen molar-refractivity contribution in [2.45, 2.75) is 24.5 Å². The summed E-state index contributed by atoms with van der Waals surface area (Å²) in [6, 6.07) is 17.8. The maximum atomic E-state index is 13.5. The van der Waals surface area contributed by atoms with Gasteiger partial charge >= 0.3 is 6.09 Å². The number of aromatic hydroxyl groups is 1. The first-order valence-corrected chi connectivity index (χ1v) is 10.9. The molecule has 0 bridgehead atoms. The molecule has 2 atom stereocenters. The molecular formula is C25H23ClFNO5. The fourth-order valence-corrected chi connectivity index (χ4v) is 4.36.